The zero-order chi connectivity index (χ0) is 13.9. The standard InChI is InChI=1S/C13H20N2O3S/c1-15(8-3-9-18-2)19(16,17)12-5-4-11-6-7-14-13(11)10-12/h4-5,10,14H,3,6-9H2,1-2H3. The van der Waals surface area contributed by atoms with E-state index in [1.807, 2.05) is 6.07 Å². The third kappa shape index (κ3) is 3.08. The van der Waals surface area contributed by atoms with Gasteiger partial charge in [0.1, 0.15) is 0 Å². The summed E-state index contributed by atoms with van der Waals surface area (Å²) in [5.41, 5.74) is 2.12. The van der Waals surface area contributed by atoms with Crippen molar-refractivity contribution in [1.29, 1.82) is 0 Å². The van der Waals surface area contributed by atoms with E-state index in [-0.39, 0.29) is 0 Å². The van der Waals surface area contributed by atoms with Gasteiger partial charge >= 0.3 is 0 Å². The van der Waals surface area contributed by atoms with E-state index in [1.165, 1.54) is 9.87 Å². The highest BCUT2D eigenvalue weighted by molar-refractivity contribution is 7.89. The molecule has 0 spiro atoms. The summed E-state index contributed by atoms with van der Waals surface area (Å²) in [6.45, 7) is 1.90. The monoisotopic (exact) mass is 284 g/mol. The van der Waals surface area contributed by atoms with E-state index in [1.54, 1.807) is 26.3 Å². The number of sulfonamides is 1. The topological polar surface area (TPSA) is 58.6 Å². The Labute approximate surface area is 114 Å². The molecule has 0 bridgehead atoms. The zero-order valence-electron chi connectivity index (χ0n) is 11.3. The Morgan fingerprint density at radius 3 is 2.95 bits per heavy atom. The molecule has 5 nitrogen and oxygen atoms in total. The first-order valence-electron chi connectivity index (χ1n) is 6.38. The van der Waals surface area contributed by atoms with Crippen LogP contribution in [0.25, 0.3) is 0 Å². The molecule has 1 aliphatic rings. The lowest BCUT2D eigenvalue weighted by Crippen LogP contribution is -2.28. The van der Waals surface area contributed by atoms with Crippen LogP contribution in [0.3, 0.4) is 0 Å². The highest BCUT2D eigenvalue weighted by atomic mass is 32.2. The van der Waals surface area contributed by atoms with Gasteiger partial charge in [0.05, 0.1) is 4.90 Å². The molecule has 1 aromatic carbocycles. The van der Waals surface area contributed by atoms with Crippen LogP contribution >= 0.6 is 0 Å². The number of ether oxygens (including phenoxy) is 1. The van der Waals surface area contributed by atoms with E-state index < -0.39 is 10.0 Å². The fourth-order valence-corrected chi connectivity index (χ4v) is 3.40. The van der Waals surface area contributed by atoms with Crippen molar-refractivity contribution in [1.82, 2.24) is 4.31 Å². The van der Waals surface area contributed by atoms with Gasteiger partial charge in [0, 0.05) is 39.5 Å². The summed E-state index contributed by atoms with van der Waals surface area (Å²) >= 11 is 0. The normalized spacial score (nSPS) is 14.5. The average Bonchev–Trinajstić information content (AvgIpc) is 2.85. The van der Waals surface area contributed by atoms with Gasteiger partial charge in [-0.3, -0.25) is 0 Å². The second-order valence-electron chi connectivity index (χ2n) is 4.67. The summed E-state index contributed by atoms with van der Waals surface area (Å²) in [5.74, 6) is 0. The minimum absolute atomic E-state index is 0.348. The lowest BCUT2D eigenvalue weighted by molar-refractivity contribution is 0.189. The quantitative estimate of drug-likeness (QED) is 0.800. The number of methoxy groups -OCH3 is 1. The Bertz CT molecular complexity index is 543. The number of fused-ring (bicyclic) bond motifs is 1. The summed E-state index contributed by atoms with van der Waals surface area (Å²) in [7, 11) is -0.189. The molecule has 0 saturated heterocycles. The van der Waals surface area contributed by atoms with Crippen LogP contribution in [0.1, 0.15) is 12.0 Å². The van der Waals surface area contributed by atoms with Crippen molar-refractivity contribution in [3.63, 3.8) is 0 Å². The molecule has 1 aromatic rings. The Morgan fingerprint density at radius 1 is 1.42 bits per heavy atom. The van der Waals surface area contributed by atoms with Crippen LogP contribution in [0.2, 0.25) is 0 Å². The van der Waals surface area contributed by atoms with Crippen molar-refractivity contribution in [2.75, 3.05) is 39.2 Å². The summed E-state index contributed by atoms with van der Waals surface area (Å²) in [4.78, 5) is 0.348. The molecule has 0 fully saturated rings. The maximum absolute atomic E-state index is 12.4. The molecular formula is C13H20N2O3S. The predicted octanol–water partition coefficient (Wildman–Crippen LogP) is 1.31. The third-order valence-corrected chi connectivity index (χ3v) is 5.17. The van der Waals surface area contributed by atoms with Crippen LogP contribution < -0.4 is 5.32 Å². The molecule has 1 aliphatic heterocycles. The summed E-state index contributed by atoms with van der Waals surface area (Å²) in [6, 6.07) is 5.31. The maximum atomic E-state index is 12.4. The summed E-state index contributed by atoms with van der Waals surface area (Å²) < 4.78 is 31.1. The molecule has 2 rings (SSSR count). The van der Waals surface area contributed by atoms with Crippen molar-refractivity contribution >= 4 is 15.7 Å². The van der Waals surface area contributed by atoms with Crippen LogP contribution in [0.5, 0.6) is 0 Å². The largest absolute Gasteiger partial charge is 0.385 e. The van der Waals surface area contributed by atoms with Gasteiger partial charge in [-0.15, -0.1) is 0 Å². The number of benzene rings is 1. The van der Waals surface area contributed by atoms with Crippen molar-refractivity contribution in [2.24, 2.45) is 0 Å². The van der Waals surface area contributed by atoms with E-state index >= 15 is 0 Å². The minimum Gasteiger partial charge on any atom is -0.385 e. The Morgan fingerprint density at radius 2 is 2.21 bits per heavy atom. The molecule has 6 heteroatoms. The van der Waals surface area contributed by atoms with Gasteiger partial charge in [0.15, 0.2) is 0 Å². The van der Waals surface area contributed by atoms with Crippen LogP contribution in [0, 0.1) is 0 Å². The number of rotatable bonds is 6. The smallest absolute Gasteiger partial charge is 0.242 e. The van der Waals surface area contributed by atoms with Gasteiger partial charge in [-0.05, 0) is 30.5 Å². The Kier molecular flexibility index (Phi) is 4.44. The lowest BCUT2D eigenvalue weighted by atomic mass is 10.2. The summed E-state index contributed by atoms with van der Waals surface area (Å²) in [5, 5.41) is 3.20. The molecule has 0 unspecified atom stereocenters. The maximum Gasteiger partial charge on any atom is 0.242 e. The first-order valence-corrected chi connectivity index (χ1v) is 7.82. The molecule has 0 aromatic heterocycles. The lowest BCUT2D eigenvalue weighted by Gasteiger charge is -2.17. The number of hydrogen-bond acceptors (Lipinski definition) is 4. The number of nitrogens with one attached hydrogen (secondary N) is 1. The van der Waals surface area contributed by atoms with Gasteiger partial charge < -0.3 is 10.1 Å². The van der Waals surface area contributed by atoms with Crippen molar-refractivity contribution in [3.05, 3.63) is 23.8 Å². The fraction of sp³-hybridized carbons (Fsp3) is 0.538. The molecular weight excluding hydrogens is 264 g/mol. The molecule has 0 aliphatic carbocycles. The van der Waals surface area contributed by atoms with Gasteiger partial charge in [-0.1, -0.05) is 6.07 Å². The van der Waals surface area contributed by atoms with Crippen LogP contribution in [-0.4, -0.2) is 46.6 Å². The number of hydrogen-bond donors (Lipinski definition) is 1. The van der Waals surface area contributed by atoms with Crippen molar-refractivity contribution in [2.45, 2.75) is 17.7 Å². The highest BCUT2D eigenvalue weighted by Crippen LogP contribution is 2.26. The summed E-state index contributed by atoms with van der Waals surface area (Å²) in [6.07, 6.45) is 1.65. The average molecular weight is 284 g/mol. The van der Waals surface area contributed by atoms with E-state index in [9.17, 15) is 8.42 Å². The molecule has 1 N–H and O–H groups in total. The second-order valence-corrected chi connectivity index (χ2v) is 6.71. The molecule has 106 valence electrons. The Balaban J connectivity index is 2.15. The van der Waals surface area contributed by atoms with Gasteiger partial charge in [0.25, 0.3) is 0 Å². The van der Waals surface area contributed by atoms with E-state index in [4.69, 9.17) is 4.74 Å². The first-order chi connectivity index (χ1) is 9.05. The third-order valence-electron chi connectivity index (χ3n) is 3.32. The SMILES string of the molecule is COCCCN(C)S(=O)(=O)c1ccc2c(c1)NCC2. The van der Waals surface area contributed by atoms with Crippen molar-refractivity contribution in [3.8, 4) is 0 Å². The van der Waals surface area contributed by atoms with Crippen molar-refractivity contribution < 1.29 is 13.2 Å². The fourth-order valence-electron chi connectivity index (χ4n) is 2.16. The second kappa shape index (κ2) is 5.90. The first kappa shape index (κ1) is 14.3. The van der Waals surface area contributed by atoms with Gasteiger partial charge in [-0.25, -0.2) is 12.7 Å². The van der Waals surface area contributed by atoms with E-state index in [0.717, 1.165) is 18.7 Å². The van der Waals surface area contributed by atoms with Crippen LogP contribution in [0.15, 0.2) is 23.1 Å². The Hall–Kier alpha value is -1.11. The molecule has 19 heavy (non-hydrogen) atoms. The zero-order valence-corrected chi connectivity index (χ0v) is 12.2. The number of nitrogens with zero attached hydrogens (tertiary/aromatic N) is 1. The van der Waals surface area contributed by atoms with Gasteiger partial charge in [0.2, 0.25) is 10.0 Å². The van der Waals surface area contributed by atoms with E-state index in [2.05, 4.69) is 5.32 Å². The van der Waals surface area contributed by atoms with E-state index in [0.29, 0.717) is 24.5 Å². The van der Waals surface area contributed by atoms with Crippen LogP contribution in [-0.2, 0) is 21.2 Å². The highest BCUT2D eigenvalue weighted by Gasteiger charge is 2.22. The molecule has 0 saturated carbocycles. The molecule has 0 radical (unpaired) electrons. The minimum atomic E-state index is -3.40. The molecule has 0 atom stereocenters. The molecule has 1 heterocycles. The molecule has 0 amide bonds. The van der Waals surface area contributed by atoms with Gasteiger partial charge in [-0.2, -0.15) is 0 Å². The van der Waals surface area contributed by atoms with Crippen LogP contribution in [0.4, 0.5) is 5.69 Å². The number of anilines is 1. The predicted molar refractivity (Wildman–Crippen MR) is 74.9 cm³/mol.